The molecule has 0 aliphatic rings. The molecule has 3 rings (SSSR count). The summed E-state index contributed by atoms with van der Waals surface area (Å²) >= 11 is 12.7. The quantitative estimate of drug-likeness (QED) is 0.402. The van der Waals surface area contributed by atoms with Gasteiger partial charge >= 0.3 is 0 Å². The highest BCUT2D eigenvalue weighted by atomic mass is 35.5. The number of halogens is 2. The van der Waals surface area contributed by atoms with E-state index in [2.05, 4.69) is 5.32 Å². The van der Waals surface area contributed by atoms with Crippen LogP contribution >= 0.6 is 23.2 Å². The van der Waals surface area contributed by atoms with Crippen LogP contribution in [0.3, 0.4) is 0 Å². The van der Waals surface area contributed by atoms with Crippen LogP contribution < -0.4 is 5.32 Å². The van der Waals surface area contributed by atoms with E-state index in [9.17, 15) is 9.59 Å². The third kappa shape index (κ3) is 7.08. The molecule has 33 heavy (non-hydrogen) atoms. The molecule has 0 fully saturated rings. The second kappa shape index (κ2) is 12.4. The van der Waals surface area contributed by atoms with Crippen molar-refractivity contribution in [1.29, 1.82) is 0 Å². The maximum atomic E-state index is 13.7. The number of nitrogens with one attached hydrogen (secondary N) is 1. The summed E-state index contributed by atoms with van der Waals surface area (Å²) in [4.78, 5) is 28.6. The van der Waals surface area contributed by atoms with Crippen LogP contribution in [0.5, 0.6) is 0 Å². The number of hydrogen-bond acceptors (Lipinski definition) is 2. The van der Waals surface area contributed by atoms with Crippen molar-refractivity contribution >= 4 is 35.0 Å². The number of amides is 2. The highest BCUT2D eigenvalue weighted by Crippen LogP contribution is 2.26. The van der Waals surface area contributed by atoms with Gasteiger partial charge in [0.1, 0.15) is 6.04 Å². The molecule has 0 bridgehead atoms. The first-order chi connectivity index (χ1) is 16.0. The predicted molar refractivity (Wildman–Crippen MR) is 134 cm³/mol. The molecular weight excluding hydrogens is 455 g/mol. The molecule has 1 atom stereocenters. The fourth-order valence-corrected chi connectivity index (χ4v) is 4.19. The molecule has 0 aliphatic carbocycles. The van der Waals surface area contributed by atoms with Crippen molar-refractivity contribution in [3.63, 3.8) is 0 Å². The lowest BCUT2D eigenvalue weighted by atomic mass is 10.0. The van der Waals surface area contributed by atoms with Gasteiger partial charge in [-0.2, -0.15) is 0 Å². The summed E-state index contributed by atoms with van der Waals surface area (Å²) in [5.41, 5.74) is 2.49. The van der Waals surface area contributed by atoms with Gasteiger partial charge in [0, 0.05) is 29.6 Å². The molecule has 3 aromatic carbocycles. The Kier molecular flexibility index (Phi) is 9.35. The first-order valence-electron chi connectivity index (χ1n) is 11.1. The van der Waals surface area contributed by atoms with Crippen molar-refractivity contribution in [3.8, 4) is 0 Å². The zero-order chi connectivity index (χ0) is 23.6. The molecule has 172 valence electrons. The van der Waals surface area contributed by atoms with E-state index in [0.29, 0.717) is 35.1 Å². The molecule has 0 heterocycles. The summed E-state index contributed by atoms with van der Waals surface area (Å²) in [7, 11) is 0. The van der Waals surface area contributed by atoms with Crippen LogP contribution in [0.1, 0.15) is 30.0 Å². The lowest BCUT2D eigenvalue weighted by Gasteiger charge is -2.32. The Hall–Kier alpha value is -2.82. The van der Waals surface area contributed by atoms with Gasteiger partial charge in [-0.05, 0) is 35.2 Å². The lowest BCUT2D eigenvalue weighted by Crippen LogP contribution is -2.51. The molecular formula is C27H28Cl2N2O2. The van der Waals surface area contributed by atoms with E-state index >= 15 is 0 Å². The zero-order valence-corrected chi connectivity index (χ0v) is 20.1. The van der Waals surface area contributed by atoms with Gasteiger partial charge < -0.3 is 10.2 Å². The lowest BCUT2D eigenvalue weighted by molar-refractivity contribution is -0.140. The summed E-state index contributed by atoms with van der Waals surface area (Å²) < 4.78 is 0. The van der Waals surface area contributed by atoms with Crippen LogP contribution in [0, 0.1) is 0 Å². The van der Waals surface area contributed by atoms with E-state index < -0.39 is 6.04 Å². The largest absolute Gasteiger partial charge is 0.354 e. The van der Waals surface area contributed by atoms with Gasteiger partial charge in [-0.3, -0.25) is 9.59 Å². The Balaban J connectivity index is 1.97. The van der Waals surface area contributed by atoms with E-state index in [1.54, 1.807) is 23.1 Å². The second-order valence-corrected chi connectivity index (χ2v) is 8.70. The molecule has 0 unspecified atom stereocenters. The molecule has 3 aromatic rings. The predicted octanol–water partition coefficient (Wildman–Crippen LogP) is 5.70. The smallest absolute Gasteiger partial charge is 0.243 e. The van der Waals surface area contributed by atoms with Crippen molar-refractivity contribution in [3.05, 3.63) is 106 Å². The molecule has 0 aromatic heterocycles. The van der Waals surface area contributed by atoms with Gasteiger partial charge in [-0.25, -0.2) is 0 Å². The van der Waals surface area contributed by atoms with Gasteiger partial charge in [0.2, 0.25) is 11.8 Å². The zero-order valence-electron chi connectivity index (χ0n) is 18.6. The Morgan fingerprint density at radius 2 is 1.42 bits per heavy atom. The van der Waals surface area contributed by atoms with E-state index in [4.69, 9.17) is 23.2 Å². The van der Waals surface area contributed by atoms with Crippen molar-refractivity contribution in [2.75, 3.05) is 6.54 Å². The molecule has 4 nitrogen and oxygen atoms in total. The van der Waals surface area contributed by atoms with Gasteiger partial charge in [0.05, 0.1) is 6.42 Å². The number of hydrogen-bond donors (Lipinski definition) is 1. The topological polar surface area (TPSA) is 49.4 Å². The minimum absolute atomic E-state index is 0.0116. The Bertz CT molecular complexity index is 1040. The van der Waals surface area contributed by atoms with Gasteiger partial charge in [0.15, 0.2) is 0 Å². The molecule has 0 aliphatic heterocycles. The van der Waals surface area contributed by atoms with Crippen LogP contribution in [0.4, 0.5) is 0 Å². The Labute approximate surface area is 205 Å². The van der Waals surface area contributed by atoms with Gasteiger partial charge in [0.25, 0.3) is 0 Å². The highest BCUT2D eigenvalue weighted by molar-refractivity contribution is 6.36. The van der Waals surface area contributed by atoms with Crippen LogP contribution in [-0.2, 0) is 29.0 Å². The van der Waals surface area contributed by atoms with Crippen LogP contribution in [-0.4, -0.2) is 29.3 Å². The van der Waals surface area contributed by atoms with E-state index in [1.807, 2.05) is 67.6 Å². The second-order valence-electron chi connectivity index (χ2n) is 7.88. The Morgan fingerprint density at radius 3 is 2.00 bits per heavy atom. The number of nitrogens with zero attached hydrogens (tertiary/aromatic N) is 1. The fourth-order valence-electron chi connectivity index (χ4n) is 3.65. The molecule has 0 saturated heterocycles. The number of rotatable bonds is 10. The molecule has 2 amide bonds. The van der Waals surface area contributed by atoms with Gasteiger partial charge in [-0.15, -0.1) is 0 Å². The molecule has 0 saturated carbocycles. The highest BCUT2D eigenvalue weighted by Gasteiger charge is 2.30. The van der Waals surface area contributed by atoms with Gasteiger partial charge in [-0.1, -0.05) is 96.9 Å². The van der Waals surface area contributed by atoms with E-state index in [-0.39, 0.29) is 18.2 Å². The fraction of sp³-hybridized carbons (Fsp3) is 0.259. The van der Waals surface area contributed by atoms with E-state index in [1.165, 1.54) is 0 Å². The third-order valence-corrected chi connectivity index (χ3v) is 6.11. The van der Waals surface area contributed by atoms with Crippen LogP contribution in [0.2, 0.25) is 10.0 Å². The van der Waals surface area contributed by atoms with Crippen LogP contribution in [0.25, 0.3) is 0 Å². The minimum atomic E-state index is -0.673. The van der Waals surface area contributed by atoms with Crippen LogP contribution in [0.15, 0.2) is 78.9 Å². The monoisotopic (exact) mass is 482 g/mol. The summed E-state index contributed by atoms with van der Waals surface area (Å²) in [6.45, 7) is 2.85. The first-order valence-corrected chi connectivity index (χ1v) is 11.8. The molecule has 0 radical (unpaired) electrons. The number of carbonyl (C=O) groups is 2. The Morgan fingerprint density at radius 1 is 0.848 bits per heavy atom. The van der Waals surface area contributed by atoms with Crippen molar-refractivity contribution in [2.24, 2.45) is 0 Å². The molecule has 6 heteroatoms. The maximum Gasteiger partial charge on any atom is 0.243 e. The van der Waals surface area contributed by atoms with Crippen molar-refractivity contribution in [1.82, 2.24) is 10.2 Å². The normalized spacial score (nSPS) is 11.6. The van der Waals surface area contributed by atoms with Crippen molar-refractivity contribution in [2.45, 2.75) is 38.8 Å². The number of carbonyl (C=O) groups excluding carboxylic acids is 2. The minimum Gasteiger partial charge on any atom is -0.354 e. The summed E-state index contributed by atoms with van der Waals surface area (Å²) in [6.07, 6.45) is 1.23. The number of benzene rings is 3. The van der Waals surface area contributed by atoms with E-state index in [0.717, 1.165) is 17.5 Å². The van der Waals surface area contributed by atoms with Crippen molar-refractivity contribution < 1.29 is 9.59 Å². The maximum absolute atomic E-state index is 13.7. The summed E-state index contributed by atoms with van der Waals surface area (Å²) in [6, 6.07) is 23.9. The summed E-state index contributed by atoms with van der Waals surface area (Å²) in [5, 5.41) is 3.85. The standard InChI is InChI=1S/C27H28Cl2N2O2/c1-2-16-30-27(33)25(17-20-10-5-3-6-11-20)31(19-21-12-7-4-8-13-21)26(32)18-22-23(28)14-9-15-24(22)29/h3-15,25H,2,16-19H2,1H3,(H,30,33)/t25-/m1/s1. The average Bonchev–Trinajstić information content (AvgIpc) is 2.83. The average molecular weight is 483 g/mol. The molecule has 0 spiro atoms. The first kappa shape index (κ1) is 24.8. The third-order valence-electron chi connectivity index (χ3n) is 5.41. The summed E-state index contributed by atoms with van der Waals surface area (Å²) in [5.74, 6) is -0.378. The SMILES string of the molecule is CCCNC(=O)[C@@H](Cc1ccccc1)N(Cc1ccccc1)C(=O)Cc1c(Cl)cccc1Cl. The molecule has 1 N–H and O–H groups in total.